The highest BCUT2D eigenvalue weighted by Crippen LogP contribution is 2.30. The highest BCUT2D eigenvalue weighted by Gasteiger charge is 2.08. The van der Waals surface area contributed by atoms with Crippen molar-refractivity contribution in [3.8, 4) is 11.5 Å². The Morgan fingerprint density at radius 1 is 0.950 bits per heavy atom. The summed E-state index contributed by atoms with van der Waals surface area (Å²) in [6.45, 7) is 10.00. The molecule has 0 fully saturated rings. The van der Waals surface area contributed by atoms with E-state index in [9.17, 15) is 0 Å². The average Bonchev–Trinajstić information content (AvgIpc) is 2.43. The van der Waals surface area contributed by atoms with Crippen LogP contribution in [0.5, 0.6) is 11.5 Å². The molecule has 0 spiro atoms. The van der Waals surface area contributed by atoms with Gasteiger partial charge in [0.25, 0.3) is 0 Å². The zero-order valence-electron chi connectivity index (χ0n) is 13.4. The van der Waals surface area contributed by atoms with Crippen LogP contribution in [-0.2, 0) is 0 Å². The van der Waals surface area contributed by atoms with Crippen molar-refractivity contribution in [2.75, 3.05) is 13.2 Å². The normalized spacial score (nSPS) is 11.0. The Labute approximate surface area is 123 Å². The van der Waals surface area contributed by atoms with Gasteiger partial charge >= 0.3 is 0 Å². The molecule has 0 amide bonds. The van der Waals surface area contributed by atoms with Crippen LogP contribution in [0.15, 0.2) is 18.2 Å². The summed E-state index contributed by atoms with van der Waals surface area (Å²) in [7, 11) is 0. The second-order valence-electron chi connectivity index (χ2n) is 5.06. The molecule has 0 radical (unpaired) electrons. The van der Waals surface area contributed by atoms with Gasteiger partial charge in [-0.2, -0.15) is 0 Å². The summed E-state index contributed by atoms with van der Waals surface area (Å²) >= 11 is 0. The molecule has 1 aromatic carbocycles. The zero-order valence-corrected chi connectivity index (χ0v) is 13.4. The summed E-state index contributed by atoms with van der Waals surface area (Å²) in [5.41, 5.74) is 2.24. The Hall–Kier alpha value is -1.44. The Morgan fingerprint density at radius 2 is 1.55 bits per heavy atom. The predicted molar refractivity (Wildman–Crippen MR) is 86.7 cm³/mol. The minimum Gasteiger partial charge on any atom is -0.493 e. The molecule has 1 rings (SSSR count). The van der Waals surface area contributed by atoms with Crippen LogP contribution in [0.4, 0.5) is 0 Å². The van der Waals surface area contributed by atoms with E-state index in [-0.39, 0.29) is 0 Å². The average molecular weight is 276 g/mol. The maximum atomic E-state index is 5.88. The van der Waals surface area contributed by atoms with Crippen LogP contribution < -0.4 is 9.47 Å². The third-order valence-corrected chi connectivity index (χ3v) is 3.16. The molecular formula is C18H28O2. The number of rotatable bonds is 9. The molecule has 1 aromatic rings. The number of aryl methyl sites for hydroxylation is 1. The number of ether oxygens (including phenoxy) is 2. The van der Waals surface area contributed by atoms with E-state index < -0.39 is 0 Å². The second kappa shape index (κ2) is 9.46. The number of benzene rings is 1. The third-order valence-electron chi connectivity index (χ3n) is 3.16. The minimum absolute atomic E-state index is 0.774. The van der Waals surface area contributed by atoms with E-state index in [1.807, 2.05) is 13.0 Å². The Balaban J connectivity index is 2.86. The Morgan fingerprint density at radius 3 is 2.10 bits per heavy atom. The van der Waals surface area contributed by atoms with Crippen LogP contribution in [0.25, 0.3) is 6.08 Å². The maximum absolute atomic E-state index is 5.88. The number of hydrogen-bond acceptors (Lipinski definition) is 2. The predicted octanol–water partition coefficient (Wildman–Crippen LogP) is 5.39. The van der Waals surface area contributed by atoms with Gasteiger partial charge < -0.3 is 9.47 Å². The molecule has 0 heterocycles. The molecule has 0 unspecified atom stereocenters. The standard InChI is InChI=1S/C18H28O2/c1-5-8-11-19-17-14-16(10-7-3)18(13-15(17)4)20-12-9-6-2/h7,10,13-14H,5-6,8-9,11-12H2,1-4H3/b10-7+. The van der Waals surface area contributed by atoms with Crippen molar-refractivity contribution in [1.29, 1.82) is 0 Å². The molecule has 2 nitrogen and oxygen atoms in total. The molecule has 20 heavy (non-hydrogen) atoms. The lowest BCUT2D eigenvalue weighted by molar-refractivity contribution is 0.299. The molecule has 0 aromatic heterocycles. The lowest BCUT2D eigenvalue weighted by atomic mass is 10.1. The molecule has 0 atom stereocenters. The molecule has 0 bridgehead atoms. The highest BCUT2D eigenvalue weighted by atomic mass is 16.5. The van der Waals surface area contributed by atoms with Gasteiger partial charge in [0.2, 0.25) is 0 Å². The van der Waals surface area contributed by atoms with Gasteiger partial charge in [-0.3, -0.25) is 0 Å². The fourth-order valence-electron chi connectivity index (χ4n) is 1.92. The molecule has 2 heteroatoms. The molecule has 0 saturated carbocycles. The van der Waals surface area contributed by atoms with E-state index >= 15 is 0 Å². The first-order valence-corrected chi connectivity index (χ1v) is 7.75. The van der Waals surface area contributed by atoms with Crippen LogP contribution in [0.1, 0.15) is 57.6 Å². The fourth-order valence-corrected chi connectivity index (χ4v) is 1.92. The first kappa shape index (κ1) is 16.6. The smallest absolute Gasteiger partial charge is 0.127 e. The van der Waals surface area contributed by atoms with Crippen molar-refractivity contribution < 1.29 is 9.47 Å². The maximum Gasteiger partial charge on any atom is 0.127 e. The molecule has 112 valence electrons. The van der Waals surface area contributed by atoms with Crippen molar-refractivity contribution >= 4 is 6.08 Å². The third kappa shape index (κ3) is 5.28. The molecule has 0 aliphatic rings. The van der Waals surface area contributed by atoms with Gasteiger partial charge in [-0.1, -0.05) is 38.8 Å². The van der Waals surface area contributed by atoms with E-state index in [0.29, 0.717) is 0 Å². The first-order chi connectivity index (χ1) is 9.72. The zero-order chi connectivity index (χ0) is 14.8. The van der Waals surface area contributed by atoms with Gasteiger partial charge in [0.05, 0.1) is 13.2 Å². The van der Waals surface area contributed by atoms with Crippen molar-refractivity contribution in [3.63, 3.8) is 0 Å². The van der Waals surface area contributed by atoms with Gasteiger partial charge in [-0.15, -0.1) is 0 Å². The summed E-state index contributed by atoms with van der Waals surface area (Å²) in [6.07, 6.45) is 8.59. The summed E-state index contributed by atoms with van der Waals surface area (Å²) in [5.74, 6) is 1.92. The highest BCUT2D eigenvalue weighted by molar-refractivity contribution is 5.61. The van der Waals surface area contributed by atoms with E-state index in [0.717, 1.165) is 61.5 Å². The Bertz CT molecular complexity index is 422. The molecule has 0 aliphatic heterocycles. The number of hydrogen-bond donors (Lipinski definition) is 0. The van der Waals surface area contributed by atoms with E-state index in [1.165, 1.54) is 0 Å². The van der Waals surface area contributed by atoms with Gasteiger partial charge in [-0.05, 0) is 44.4 Å². The Kier molecular flexibility index (Phi) is 7.86. The van der Waals surface area contributed by atoms with Crippen molar-refractivity contribution in [2.45, 2.75) is 53.4 Å². The molecule has 0 aliphatic carbocycles. The summed E-state index contributed by atoms with van der Waals surface area (Å²) in [4.78, 5) is 0. The summed E-state index contributed by atoms with van der Waals surface area (Å²) < 4.78 is 11.7. The van der Waals surface area contributed by atoms with Crippen LogP contribution in [0.2, 0.25) is 0 Å². The quantitative estimate of drug-likeness (QED) is 0.563. The largest absolute Gasteiger partial charge is 0.493 e. The van der Waals surface area contributed by atoms with Crippen LogP contribution in [0, 0.1) is 6.92 Å². The first-order valence-electron chi connectivity index (χ1n) is 7.75. The van der Waals surface area contributed by atoms with E-state index in [4.69, 9.17) is 9.47 Å². The van der Waals surface area contributed by atoms with E-state index in [2.05, 4.69) is 39.0 Å². The monoisotopic (exact) mass is 276 g/mol. The van der Waals surface area contributed by atoms with Crippen LogP contribution in [0.3, 0.4) is 0 Å². The van der Waals surface area contributed by atoms with Crippen molar-refractivity contribution in [2.24, 2.45) is 0 Å². The minimum atomic E-state index is 0.774. The number of unbranched alkanes of at least 4 members (excludes halogenated alkanes) is 2. The summed E-state index contributed by atoms with van der Waals surface area (Å²) in [5, 5.41) is 0. The van der Waals surface area contributed by atoms with Gasteiger partial charge in [0.1, 0.15) is 11.5 Å². The van der Waals surface area contributed by atoms with E-state index in [1.54, 1.807) is 0 Å². The fraction of sp³-hybridized carbons (Fsp3) is 0.556. The van der Waals surface area contributed by atoms with Gasteiger partial charge in [0.15, 0.2) is 0 Å². The number of allylic oxidation sites excluding steroid dienone is 1. The van der Waals surface area contributed by atoms with Gasteiger partial charge in [-0.25, -0.2) is 0 Å². The second-order valence-corrected chi connectivity index (χ2v) is 5.06. The van der Waals surface area contributed by atoms with Crippen molar-refractivity contribution in [3.05, 3.63) is 29.3 Å². The topological polar surface area (TPSA) is 18.5 Å². The molecule has 0 N–H and O–H groups in total. The lowest BCUT2D eigenvalue weighted by Gasteiger charge is -2.14. The lowest BCUT2D eigenvalue weighted by Crippen LogP contribution is -2.02. The molecular weight excluding hydrogens is 248 g/mol. The van der Waals surface area contributed by atoms with Crippen molar-refractivity contribution in [1.82, 2.24) is 0 Å². The summed E-state index contributed by atoms with van der Waals surface area (Å²) in [6, 6.07) is 4.18. The molecule has 0 saturated heterocycles. The van der Waals surface area contributed by atoms with Gasteiger partial charge in [0, 0.05) is 5.56 Å². The van der Waals surface area contributed by atoms with Crippen LogP contribution >= 0.6 is 0 Å². The SMILES string of the molecule is C/C=C/c1cc(OCCCC)c(C)cc1OCCCC. The van der Waals surface area contributed by atoms with Crippen LogP contribution in [-0.4, -0.2) is 13.2 Å².